The summed E-state index contributed by atoms with van der Waals surface area (Å²) in [6, 6.07) is 10.2. The number of piperazine rings is 1. The summed E-state index contributed by atoms with van der Waals surface area (Å²) in [5.41, 5.74) is 3.33. The van der Waals surface area contributed by atoms with Crippen LogP contribution in [0.3, 0.4) is 0 Å². The number of rotatable bonds is 5. The summed E-state index contributed by atoms with van der Waals surface area (Å²) < 4.78 is 0. The van der Waals surface area contributed by atoms with E-state index in [4.69, 9.17) is 11.6 Å². The summed E-state index contributed by atoms with van der Waals surface area (Å²) >= 11 is 6.86. The van der Waals surface area contributed by atoms with E-state index in [1.165, 1.54) is 49.7 Å². The number of benzene rings is 1. The second-order valence-electron chi connectivity index (χ2n) is 10.9. The Morgan fingerprint density at radius 1 is 1.03 bits per heavy atom. The van der Waals surface area contributed by atoms with Gasteiger partial charge in [-0.25, -0.2) is 9.78 Å². The van der Waals surface area contributed by atoms with Crippen molar-refractivity contribution in [2.75, 3.05) is 31.1 Å². The smallest absolute Gasteiger partial charge is 0.339 e. The minimum absolute atomic E-state index is 0.272. The van der Waals surface area contributed by atoms with Gasteiger partial charge < -0.3 is 10.0 Å². The Bertz CT molecular complexity index is 1030. The number of hydrogen-bond donors (Lipinski definition) is 1. The molecule has 1 aromatic heterocycles. The van der Waals surface area contributed by atoms with Crippen molar-refractivity contribution in [1.82, 2.24) is 9.88 Å². The molecule has 4 aliphatic carbocycles. The number of aromatic nitrogens is 1. The minimum Gasteiger partial charge on any atom is -0.478 e. The van der Waals surface area contributed by atoms with Gasteiger partial charge >= 0.3 is 5.97 Å². The van der Waals surface area contributed by atoms with Gasteiger partial charge in [-0.1, -0.05) is 23.7 Å². The molecular formula is C27H32ClN3O2. The SMILES string of the molecule is O=C(O)c1cccnc1N1CCN(Cc2ccc(C34CC5CC(CC(C5)C3)C4)cc2Cl)CC1. The molecule has 2 heterocycles. The van der Waals surface area contributed by atoms with Crippen LogP contribution >= 0.6 is 11.6 Å². The molecule has 1 N–H and O–H groups in total. The molecule has 0 amide bonds. The van der Waals surface area contributed by atoms with Gasteiger partial charge in [0.1, 0.15) is 11.4 Å². The fourth-order valence-electron chi connectivity index (χ4n) is 7.64. The Balaban J connectivity index is 1.12. The highest BCUT2D eigenvalue weighted by molar-refractivity contribution is 6.31. The molecule has 6 heteroatoms. The predicted molar refractivity (Wildman–Crippen MR) is 130 cm³/mol. The van der Waals surface area contributed by atoms with Gasteiger partial charge in [0, 0.05) is 43.9 Å². The molecule has 1 aromatic carbocycles. The lowest BCUT2D eigenvalue weighted by Gasteiger charge is -2.57. The highest BCUT2D eigenvalue weighted by Gasteiger charge is 2.51. The van der Waals surface area contributed by atoms with E-state index in [1.54, 1.807) is 18.3 Å². The zero-order chi connectivity index (χ0) is 22.6. The largest absolute Gasteiger partial charge is 0.478 e. The van der Waals surface area contributed by atoms with Gasteiger partial charge in [0.25, 0.3) is 0 Å². The molecule has 2 aromatic rings. The topological polar surface area (TPSA) is 56.7 Å². The Labute approximate surface area is 200 Å². The second-order valence-corrected chi connectivity index (χ2v) is 11.4. The quantitative estimate of drug-likeness (QED) is 0.655. The molecule has 0 spiro atoms. The average Bonchev–Trinajstić information content (AvgIpc) is 2.80. The number of anilines is 1. The van der Waals surface area contributed by atoms with Crippen LogP contribution in [0.15, 0.2) is 36.5 Å². The Kier molecular flexibility index (Phi) is 5.38. The minimum atomic E-state index is -0.925. The van der Waals surface area contributed by atoms with Crippen LogP contribution in [0.2, 0.25) is 5.02 Å². The summed E-state index contributed by atoms with van der Waals surface area (Å²) in [5.74, 6) is 2.46. The molecule has 4 bridgehead atoms. The van der Waals surface area contributed by atoms with Gasteiger partial charge in [-0.2, -0.15) is 0 Å². The predicted octanol–water partition coefficient (Wildman–Crippen LogP) is 5.22. The number of aromatic carboxylic acids is 1. The van der Waals surface area contributed by atoms with Crippen molar-refractivity contribution in [2.45, 2.75) is 50.5 Å². The summed E-state index contributed by atoms with van der Waals surface area (Å²) in [6.07, 6.45) is 10.1. The fourth-order valence-corrected chi connectivity index (χ4v) is 7.88. The first-order valence-electron chi connectivity index (χ1n) is 12.4. The summed E-state index contributed by atoms with van der Waals surface area (Å²) in [5, 5.41) is 10.4. The number of carbonyl (C=O) groups is 1. The molecule has 5 fully saturated rings. The number of carboxylic acid groups (broad SMARTS) is 1. The van der Waals surface area contributed by atoms with Crippen molar-refractivity contribution in [2.24, 2.45) is 17.8 Å². The number of hydrogen-bond acceptors (Lipinski definition) is 4. The fraction of sp³-hybridized carbons (Fsp3) is 0.556. The highest BCUT2D eigenvalue weighted by Crippen LogP contribution is 2.60. The highest BCUT2D eigenvalue weighted by atomic mass is 35.5. The maximum Gasteiger partial charge on any atom is 0.339 e. The molecule has 0 radical (unpaired) electrons. The van der Waals surface area contributed by atoms with Crippen LogP contribution in [0.5, 0.6) is 0 Å². The molecule has 174 valence electrons. The molecular weight excluding hydrogens is 434 g/mol. The zero-order valence-electron chi connectivity index (χ0n) is 19.0. The van der Waals surface area contributed by atoms with E-state index in [2.05, 4.69) is 33.0 Å². The lowest BCUT2D eigenvalue weighted by Crippen LogP contribution is -2.48. The molecule has 1 aliphatic heterocycles. The van der Waals surface area contributed by atoms with Crippen molar-refractivity contribution < 1.29 is 9.90 Å². The molecule has 0 atom stereocenters. The molecule has 33 heavy (non-hydrogen) atoms. The van der Waals surface area contributed by atoms with Crippen LogP contribution < -0.4 is 4.90 Å². The number of carboxylic acids is 1. The van der Waals surface area contributed by atoms with Gasteiger partial charge in [0.15, 0.2) is 0 Å². The van der Waals surface area contributed by atoms with E-state index in [0.29, 0.717) is 11.2 Å². The molecule has 1 saturated heterocycles. The average molecular weight is 466 g/mol. The summed E-state index contributed by atoms with van der Waals surface area (Å²) in [4.78, 5) is 20.4. The standard InChI is InChI=1S/C27H32ClN3O2/c28-24-13-22(27-14-18-10-19(15-27)12-20(11-18)16-27)4-3-21(24)17-30-6-8-31(9-7-30)25-23(26(32)33)2-1-5-29-25/h1-5,13,18-20H,6-12,14-17H2,(H,32,33). The molecule has 4 saturated carbocycles. The van der Waals surface area contributed by atoms with Gasteiger partial charge in [-0.05, 0) is 91.0 Å². The van der Waals surface area contributed by atoms with Crippen LogP contribution in [0.1, 0.15) is 60.0 Å². The third-order valence-corrected chi connectivity index (χ3v) is 9.14. The molecule has 5 nitrogen and oxygen atoms in total. The number of nitrogens with zero attached hydrogens (tertiary/aromatic N) is 3. The third-order valence-electron chi connectivity index (χ3n) is 8.79. The first-order chi connectivity index (χ1) is 16.0. The van der Waals surface area contributed by atoms with Crippen LogP contribution in [0, 0.1) is 17.8 Å². The van der Waals surface area contributed by atoms with Gasteiger partial charge in [0.05, 0.1) is 0 Å². The first-order valence-corrected chi connectivity index (χ1v) is 12.8. The van der Waals surface area contributed by atoms with E-state index >= 15 is 0 Å². The normalized spacial score (nSPS) is 31.2. The zero-order valence-corrected chi connectivity index (χ0v) is 19.8. The van der Waals surface area contributed by atoms with Gasteiger partial charge in [0.2, 0.25) is 0 Å². The third kappa shape index (κ3) is 3.93. The summed E-state index contributed by atoms with van der Waals surface area (Å²) in [7, 11) is 0. The van der Waals surface area contributed by atoms with Crippen molar-refractivity contribution in [1.29, 1.82) is 0 Å². The molecule has 5 aliphatic rings. The molecule has 0 unspecified atom stereocenters. The molecule has 7 rings (SSSR count). The second kappa shape index (κ2) is 8.28. The van der Waals surface area contributed by atoms with Crippen LogP contribution in [-0.4, -0.2) is 47.1 Å². The van der Waals surface area contributed by atoms with E-state index in [1.807, 2.05) is 0 Å². The summed E-state index contributed by atoms with van der Waals surface area (Å²) in [6.45, 7) is 4.09. The number of pyridine rings is 1. The van der Waals surface area contributed by atoms with Crippen molar-refractivity contribution in [3.8, 4) is 0 Å². The van der Waals surface area contributed by atoms with Gasteiger partial charge in [-0.15, -0.1) is 0 Å². The Morgan fingerprint density at radius 2 is 1.70 bits per heavy atom. The van der Waals surface area contributed by atoms with Crippen LogP contribution in [0.4, 0.5) is 5.82 Å². The van der Waals surface area contributed by atoms with E-state index in [0.717, 1.165) is 55.5 Å². The Hall–Kier alpha value is -2.11. The maximum atomic E-state index is 11.5. The monoisotopic (exact) mass is 465 g/mol. The van der Waals surface area contributed by atoms with E-state index in [-0.39, 0.29) is 5.56 Å². The lowest BCUT2D eigenvalue weighted by atomic mass is 9.48. The van der Waals surface area contributed by atoms with E-state index in [9.17, 15) is 9.90 Å². The maximum absolute atomic E-state index is 11.5. The lowest BCUT2D eigenvalue weighted by molar-refractivity contribution is -0.00519. The Morgan fingerprint density at radius 3 is 2.30 bits per heavy atom. The van der Waals surface area contributed by atoms with Gasteiger partial charge in [-0.3, -0.25) is 4.90 Å². The van der Waals surface area contributed by atoms with E-state index < -0.39 is 5.97 Å². The number of halogens is 1. The van der Waals surface area contributed by atoms with Crippen LogP contribution in [-0.2, 0) is 12.0 Å². The van der Waals surface area contributed by atoms with Crippen LogP contribution in [0.25, 0.3) is 0 Å². The first kappa shape index (κ1) is 21.4. The van der Waals surface area contributed by atoms with Crippen molar-refractivity contribution >= 4 is 23.4 Å². The van der Waals surface area contributed by atoms with Crippen molar-refractivity contribution in [3.63, 3.8) is 0 Å². The van der Waals surface area contributed by atoms with Crippen molar-refractivity contribution in [3.05, 3.63) is 58.2 Å².